The summed E-state index contributed by atoms with van der Waals surface area (Å²) in [5, 5.41) is 22.3. The van der Waals surface area contributed by atoms with Gasteiger partial charge in [0.1, 0.15) is 0 Å². The molecule has 21 heavy (non-hydrogen) atoms. The molecule has 4 N–H and O–H groups in total. The molecule has 0 spiro atoms. The van der Waals surface area contributed by atoms with Crippen LogP contribution >= 0.6 is 0 Å². The highest BCUT2D eigenvalue weighted by Gasteiger charge is 2.18. The number of carboxylic acids is 1. The van der Waals surface area contributed by atoms with Crippen LogP contribution in [0.4, 0.5) is 16.2 Å². The Morgan fingerprint density at radius 1 is 1.19 bits per heavy atom. The number of hydrogen-bond donors (Lipinski definition) is 4. The van der Waals surface area contributed by atoms with Crippen molar-refractivity contribution in [3.8, 4) is 0 Å². The van der Waals surface area contributed by atoms with Crippen LogP contribution in [0, 0.1) is 0 Å². The zero-order valence-corrected chi connectivity index (χ0v) is 12.2. The predicted octanol–water partition coefficient (Wildman–Crippen LogP) is 1.10. The molecular formula is C14H21N3O4. The number of aliphatic hydroxyl groups is 1. The molecule has 1 aromatic rings. The number of nitrogens with one attached hydrogen (secondary N) is 2. The van der Waals surface area contributed by atoms with Crippen molar-refractivity contribution >= 4 is 23.4 Å². The maximum absolute atomic E-state index is 11.6. The average molecular weight is 295 g/mol. The summed E-state index contributed by atoms with van der Waals surface area (Å²) in [6, 6.07) is 5.24. The van der Waals surface area contributed by atoms with Crippen LogP contribution in [0.1, 0.15) is 13.8 Å². The first kappa shape index (κ1) is 16.8. The number of carboxylic acid groups (broad SMARTS) is 1. The molecular weight excluding hydrogens is 274 g/mol. The van der Waals surface area contributed by atoms with E-state index in [1.807, 2.05) is 12.1 Å². The van der Waals surface area contributed by atoms with Gasteiger partial charge >= 0.3 is 12.0 Å². The third-order valence-corrected chi connectivity index (χ3v) is 3.04. The van der Waals surface area contributed by atoms with E-state index in [9.17, 15) is 9.59 Å². The fourth-order valence-corrected chi connectivity index (χ4v) is 1.86. The topological polar surface area (TPSA) is 102 Å². The SMILES string of the molecule is CCN(CC)c1ccc(NC(=O)NC(CO)C(=O)O)cc1. The van der Waals surface area contributed by atoms with E-state index >= 15 is 0 Å². The lowest BCUT2D eigenvalue weighted by molar-refractivity contribution is -0.140. The van der Waals surface area contributed by atoms with Crippen molar-refractivity contribution in [3.05, 3.63) is 24.3 Å². The van der Waals surface area contributed by atoms with Gasteiger partial charge in [-0.05, 0) is 38.1 Å². The Hall–Kier alpha value is -2.28. The second-order valence-electron chi connectivity index (χ2n) is 4.39. The third kappa shape index (κ3) is 4.96. The first-order valence-electron chi connectivity index (χ1n) is 6.78. The van der Waals surface area contributed by atoms with Crippen LogP contribution < -0.4 is 15.5 Å². The number of carbonyl (C=O) groups excluding carboxylic acids is 1. The number of aliphatic carboxylic acids is 1. The van der Waals surface area contributed by atoms with Gasteiger partial charge in [-0.15, -0.1) is 0 Å². The van der Waals surface area contributed by atoms with Gasteiger partial charge in [-0.2, -0.15) is 0 Å². The summed E-state index contributed by atoms with van der Waals surface area (Å²) >= 11 is 0. The quantitative estimate of drug-likeness (QED) is 0.603. The smallest absolute Gasteiger partial charge is 0.328 e. The molecule has 0 aromatic heterocycles. The number of carbonyl (C=O) groups is 2. The number of rotatable bonds is 7. The molecule has 0 bridgehead atoms. The van der Waals surface area contributed by atoms with Crippen LogP contribution in [-0.4, -0.2) is 48.0 Å². The Kier molecular flexibility index (Phi) is 6.48. The Morgan fingerprint density at radius 3 is 2.19 bits per heavy atom. The number of amides is 2. The first-order chi connectivity index (χ1) is 10.0. The predicted molar refractivity (Wildman–Crippen MR) is 80.7 cm³/mol. The third-order valence-electron chi connectivity index (χ3n) is 3.04. The molecule has 0 aliphatic rings. The second-order valence-corrected chi connectivity index (χ2v) is 4.39. The number of aliphatic hydroxyl groups excluding tert-OH is 1. The summed E-state index contributed by atoms with van der Waals surface area (Å²) < 4.78 is 0. The number of nitrogens with zero attached hydrogens (tertiary/aromatic N) is 1. The molecule has 0 saturated carbocycles. The molecule has 1 atom stereocenters. The molecule has 1 rings (SSSR count). The molecule has 1 unspecified atom stereocenters. The number of hydrogen-bond acceptors (Lipinski definition) is 4. The monoisotopic (exact) mass is 295 g/mol. The van der Waals surface area contributed by atoms with E-state index < -0.39 is 24.6 Å². The fourth-order valence-electron chi connectivity index (χ4n) is 1.86. The minimum absolute atomic E-state index is 0.547. The van der Waals surface area contributed by atoms with Gasteiger partial charge in [0.05, 0.1) is 6.61 Å². The van der Waals surface area contributed by atoms with Crippen molar-refractivity contribution in [1.82, 2.24) is 5.32 Å². The standard InChI is InChI=1S/C14H21N3O4/c1-3-17(4-2)11-7-5-10(6-8-11)15-14(21)16-12(9-18)13(19)20/h5-8,12,18H,3-4,9H2,1-2H3,(H,19,20)(H2,15,16,21). The van der Waals surface area contributed by atoms with Crippen LogP contribution in [-0.2, 0) is 4.79 Å². The summed E-state index contributed by atoms with van der Waals surface area (Å²) in [4.78, 5) is 24.5. The largest absolute Gasteiger partial charge is 0.480 e. The van der Waals surface area contributed by atoms with Gasteiger partial charge in [0.2, 0.25) is 0 Å². The Labute approximate surface area is 123 Å². The minimum Gasteiger partial charge on any atom is -0.480 e. The summed E-state index contributed by atoms with van der Waals surface area (Å²) in [7, 11) is 0. The lowest BCUT2D eigenvalue weighted by atomic mass is 10.2. The van der Waals surface area contributed by atoms with Crippen molar-refractivity contribution in [3.63, 3.8) is 0 Å². The van der Waals surface area contributed by atoms with Crippen molar-refractivity contribution < 1.29 is 19.8 Å². The summed E-state index contributed by atoms with van der Waals surface area (Å²) in [5.74, 6) is -1.29. The zero-order chi connectivity index (χ0) is 15.8. The van der Waals surface area contributed by atoms with Crippen molar-refractivity contribution in [1.29, 1.82) is 0 Å². The molecule has 7 nitrogen and oxygen atoms in total. The van der Waals surface area contributed by atoms with Crippen molar-refractivity contribution in [2.24, 2.45) is 0 Å². The highest BCUT2D eigenvalue weighted by atomic mass is 16.4. The lowest BCUT2D eigenvalue weighted by Crippen LogP contribution is -2.45. The highest BCUT2D eigenvalue weighted by Crippen LogP contribution is 2.17. The van der Waals surface area contributed by atoms with Crippen LogP contribution in [0.25, 0.3) is 0 Å². The number of benzene rings is 1. The average Bonchev–Trinajstić information content (AvgIpc) is 2.47. The summed E-state index contributed by atoms with van der Waals surface area (Å²) in [5.41, 5.74) is 1.59. The van der Waals surface area contributed by atoms with Gasteiger partial charge in [0, 0.05) is 24.5 Å². The van der Waals surface area contributed by atoms with E-state index in [1.165, 1.54) is 0 Å². The molecule has 0 radical (unpaired) electrons. The van der Waals surface area contributed by atoms with Gasteiger partial charge in [0.15, 0.2) is 6.04 Å². The van der Waals surface area contributed by atoms with Gasteiger partial charge in [-0.1, -0.05) is 0 Å². The van der Waals surface area contributed by atoms with E-state index in [1.54, 1.807) is 12.1 Å². The van der Waals surface area contributed by atoms with E-state index in [-0.39, 0.29) is 0 Å². The van der Waals surface area contributed by atoms with Crippen LogP contribution in [0.15, 0.2) is 24.3 Å². The fraction of sp³-hybridized carbons (Fsp3) is 0.429. The van der Waals surface area contributed by atoms with Gasteiger partial charge < -0.3 is 25.7 Å². The molecule has 0 fully saturated rings. The maximum atomic E-state index is 11.6. The van der Waals surface area contributed by atoms with Crippen LogP contribution in [0.5, 0.6) is 0 Å². The molecule has 1 aromatic carbocycles. The molecule has 0 aliphatic carbocycles. The Balaban J connectivity index is 2.63. The first-order valence-corrected chi connectivity index (χ1v) is 6.78. The number of urea groups is 1. The van der Waals surface area contributed by atoms with Gasteiger partial charge in [-0.25, -0.2) is 9.59 Å². The maximum Gasteiger partial charge on any atom is 0.328 e. The highest BCUT2D eigenvalue weighted by molar-refractivity contribution is 5.92. The number of anilines is 2. The normalized spacial score (nSPS) is 11.6. The second kappa shape index (κ2) is 8.11. The van der Waals surface area contributed by atoms with Gasteiger partial charge in [0.25, 0.3) is 0 Å². The molecule has 0 aliphatic heterocycles. The molecule has 116 valence electrons. The lowest BCUT2D eigenvalue weighted by Gasteiger charge is -2.21. The van der Waals surface area contributed by atoms with E-state index in [2.05, 4.69) is 29.4 Å². The summed E-state index contributed by atoms with van der Waals surface area (Å²) in [6.07, 6.45) is 0. The van der Waals surface area contributed by atoms with Crippen molar-refractivity contribution in [2.45, 2.75) is 19.9 Å². The van der Waals surface area contributed by atoms with Gasteiger partial charge in [-0.3, -0.25) is 0 Å². The van der Waals surface area contributed by atoms with Crippen molar-refractivity contribution in [2.75, 3.05) is 29.9 Å². The van der Waals surface area contributed by atoms with Crippen LogP contribution in [0.3, 0.4) is 0 Å². The van der Waals surface area contributed by atoms with Crippen LogP contribution in [0.2, 0.25) is 0 Å². The minimum atomic E-state index is -1.32. The van der Waals surface area contributed by atoms with E-state index in [0.29, 0.717) is 5.69 Å². The van der Waals surface area contributed by atoms with E-state index in [4.69, 9.17) is 10.2 Å². The summed E-state index contributed by atoms with van der Waals surface area (Å²) in [6.45, 7) is 5.23. The Bertz CT molecular complexity index is 472. The molecule has 2 amide bonds. The Morgan fingerprint density at radius 2 is 1.76 bits per heavy atom. The molecule has 0 heterocycles. The zero-order valence-electron chi connectivity index (χ0n) is 12.2. The van der Waals surface area contributed by atoms with E-state index in [0.717, 1.165) is 18.8 Å². The molecule has 0 saturated heterocycles. The molecule has 7 heteroatoms.